The monoisotopic (exact) mass is 1100 g/mol. The first kappa shape index (κ1) is 57.5. The third-order valence-corrected chi connectivity index (χ3v) is 13.8. The Labute approximate surface area is 440 Å². The molecule has 1 aliphatic rings. The van der Waals surface area contributed by atoms with E-state index in [-0.39, 0.29) is 45.4 Å². The molecule has 2 aromatic heterocycles. The molecule has 0 saturated heterocycles. The van der Waals surface area contributed by atoms with E-state index in [2.05, 4.69) is 42.5 Å². The average molecular weight is 1100 g/mol. The molecule has 0 aliphatic carbocycles. The summed E-state index contributed by atoms with van der Waals surface area (Å²) in [6.07, 6.45) is 1.46. The van der Waals surface area contributed by atoms with Gasteiger partial charge in [-0.3, -0.25) is 14.4 Å². The zero-order valence-corrected chi connectivity index (χ0v) is 46.3. The molecule has 3 heterocycles. The molecular formula is C52H70BrClN8O9S. The largest absolute Gasteiger partial charge is 0.444 e. The SMILES string of the molecule is Cc1c(C[C@H]2C(=O)NCc3c(Br)ccc(Cl)c3Sc3ncccc3CN[C@@H](CCCNC(=O)OC(C)(C)C)C(=O)N[C@@H](CCCCNC(=O)OC(C)(C)C)C(=O)N2C)c2ccccc2n1C(=O)OC(C)(C)C. The fourth-order valence-corrected chi connectivity index (χ4v) is 9.95. The molecule has 5 amide bonds. The number of aromatic nitrogens is 2. The number of hydrogen-bond donors (Lipinski definition) is 5. The molecule has 2 aromatic carbocycles. The quantitative estimate of drug-likeness (QED) is 0.0703. The van der Waals surface area contributed by atoms with Crippen molar-refractivity contribution >= 4 is 86.2 Å². The normalized spacial score (nSPS) is 17.5. The summed E-state index contributed by atoms with van der Waals surface area (Å²) in [6, 6.07) is 11.4. The van der Waals surface area contributed by atoms with Crippen molar-refractivity contribution in [3.05, 3.63) is 86.6 Å². The predicted octanol–water partition coefficient (Wildman–Crippen LogP) is 9.34. The molecule has 1 aliphatic heterocycles. The fourth-order valence-electron chi connectivity index (χ4n) is 8.00. The third-order valence-electron chi connectivity index (χ3n) is 11.4. The van der Waals surface area contributed by atoms with E-state index in [1.54, 1.807) is 99.7 Å². The highest BCUT2D eigenvalue weighted by molar-refractivity contribution is 9.10. The van der Waals surface area contributed by atoms with Crippen LogP contribution in [0.1, 0.15) is 117 Å². The number of likely N-dealkylation sites (N-methyl/N-ethyl adjacent to an activating group) is 1. The first-order valence-electron chi connectivity index (χ1n) is 24.2. The first-order valence-corrected chi connectivity index (χ1v) is 26.1. The van der Waals surface area contributed by atoms with Gasteiger partial charge in [0.1, 0.15) is 33.9 Å². The summed E-state index contributed by atoms with van der Waals surface area (Å²) in [7, 11) is 1.53. The molecule has 3 atom stereocenters. The minimum atomic E-state index is -1.18. The summed E-state index contributed by atoms with van der Waals surface area (Å²) in [5, 5.41) is 16.8. The molecule has 4 aromatic rings. The van der Waals surface area contributed by atoms with E-state index in [1.165, 1.54) is 28.3 Å². The van der Waals surface area contributed by atoms with Crippen LogP contribution < -0.4 is 26.6 Å². The molecule has 5 N–H and O–H groups in total. The van der Waals surface area contributed by atoms with Gasteiger partial charge in [-0.25, -0.2) is 23.9 Å². The minimum Gasteiger partial charge on any atom is -0.444 e. The lowest BCUT2D eigenvalue weighted by atomic mass is 9.99. The zero-order chi connectivity index (χ0) is 53.1. The molecule has 0 fully saturated rings. The number of ether oxygens (including phenoxy) is 3. The van der Waals surface area contributed by atoms with Crippen LogP contribution in [0.15, 0.2) is 69.1 Å². The van der Waals surface area contributed by atoms with Crippen LogP contribution >= 0.6 is 39.3 Å². The number of rotatable bonds is 11. The number of fused-ring (bicyclic) bond motifs is 3. The predicted molar refractivity (Wildman–Crippen MR) is 282 cm³/mol. The number of pyridine rings is 1. The van der Waals surface area contributed by atoms with Gasteiger partial charge in [0.15, 0.2) is 0 Å². The molecule has 0 unspecified atom stereocenters. The van der Waals surface area contributed by atoms with Gasteiger partial charge in [0.25, 0.3) is 0 Å². The van der Waals surface area contributed by atoms with Crippen molar-refractivity contribution in [2.24, 2.45) is 0 Å². The maximum absolute atomic E-state index is 15.2. The van der Waals surface area contributed by atoms with Gasteiger partial charge in [-0.15, -0.1) is 0 Å². The van der Waals surface area contributed by atoms with Crippen molar-refractivity contribution in [2.45, 2.75) is 166 Å². The fraction of sp³-hybridized carbons (Fsp3) is 0.519. The van der Waals surface area contributed by atoms with Gasteiger partial charge in [0.05, 0.1) is 16.6 Å². The molecular weight excluding hydrogens is 1030 g/mol. The molecule has 0 radical (unpaired) electrons. The smallest absolute Gasteiger partial charge is 0.419 e. The van der Waals surface area contributed by atoms with E-state index in [0.29, 0.717) is 66.4 Å². The van der Waals surface area contributed by atoms with Gasteiger partial charge in [-0.1, -0.05) is 63.6 Å². The number of unbranched alkanes of at least 4 members (excludes halogenated alkanes) is 1. The first-order chi connectivity index (χ1) is 33.7. The van der Waals surface area contributed by atoms with E-state index in [1.807, 2.05) is 24.3 Å². The molecule has 0 saturated carbocycles. The number of carbonyl (C=O) groups excluding carboxylic acids is 6. The van der Waals surface area contributed by atoms with Crippen LogP contribution in [0.25, 0.3) is 10.9 Å². The number of halogens is 2. The standard InChI is InChI=1S/C52H70BrClN8O9S/c1-31-34(33-19-12-13-22-40(33)62(31)49(68)71-52(8,9)10)28-41-44(64)59-30-35-36(53)23-24-37(54)42(35)72-45-32(18-16-26-55-45)29-58-38(21-17-27-57-48(67)70-51(5,6)7)43(63)60-39(46(65)61(41)11)20-14-15-25-56-47(66)69-50(2,3)4/h12-13,16,18-19,22-24,26,38-39,41,58H,14-15,17,20-21,25,27-30H2,1-11H3,(H,56,66)(H,57,67)(H,59,64)(H,60,63)/t38-,39-,41-/m0/s1. The van der Waals surface area contributed by atoms with Crippen LogP contribution in [-0.4, -0.2) is 106 Å². The van der Waals surface area contributed by atoms with E-state index in [9.17, 15) is 24.0 Å². The summed E-state index contributed by atoms with van der Waals surface area (Å²) in [6.45, 7) is 18.4. The van der Waals surface area contributed by atoms with Gasteiger partial charge >= 0.3 is 18.3 Å². The number of benzene rings is 2. The van der Waals surface area contributed by atoms with Gasteiger partial charge in [0, 0.05) is 71.9 Å². The van der Waals surface area contributed by atoms with Crippen molar-refractivity contribution in [1.29, 1.82) is 0 Å². The highest BCUT2D eigenvalue weighted by atomic mass is 79.9. The second kappa shape index (κ2) is 25.0. The lowest BCUT2D eigenvalue weighted by molar-refractivity contribution is -0.142. The Balaban J connectivity index is 1.59. The van der Waals surface area contributed by atoms with Crippen molar-refractivity contribution in [3.8, 4) is 0 Å². The maximum atomic E-state index is 15.2. The average Bonchev–Trinajstić information content (AvgIpc) is 3.56. The minimum absolute atomic E-state index is 0.00409. The highest BCUT2D eigenvalue weighted by Gasteiger charge is 2.36. The Morgan fingerprint density at radius 1 is 0.806 bits per heavy atom. The van der Waals surface area contributed by atoms with E-state index in [0.717, 1.165) is 5.56 Å². The molecule has 392 valence electrons. The van der Waals surface area contributed by atoms with Gasteiger partial charge in [-0.05, 0) is 137 Å². The van der Waals surface area contributed by atoms with Gasteiger partial charge < -0.3 is 45.7 Å². The Kier molecular flexibility index (Phi) is 20.0. The number of hydrogen-bond acceptors (Lipinski definition) is 12. The van der Waals surface area contributed by atoms with Crippen LogP contribution in [-0.2, 0) is 48.1 Å². The second-order valence-electron chi connectivity index (χ2n) is 20.7. The summed E-state index contributed by atoms with van der Waals surface area (Å²) in [5.74, 6) is -1.53. The van der Waals surface area contributed by atoms with Crippen molar-refractivity contribution in [1.82, 2.24) is 41.0 Å². The molecule has 5 rings (SSSR count). The second-order valence-corrected chi connectivity index (χ2v) is 22.9. The van der Waals surface area contributed by atoms with Crippen molar-refractivity contribution < 1.29 is 43.0 Å². The third kappa shape index (κ3) is 16.6. The Hall–Kier alpha value is -5.37. The lowest BCUT2D eigenvalue weighted by Crippen LogP contribution is -2.57. The molecule has 72 heavy (non-hydrogen) atoms. The molecule has 20 heteroatoms. The van der Waals surface area contributed by atoms with Crippen LogP contribution in [0.3, 0.4) is 0 Å². The van der Waals surface area contributed by atoms with Crippen LogP contribution in [0, 0.1) is 6.92 Å². The topological polar surface area (TPSA) is 211 Å². The van der Waals surface area contributed by atoms with Crippen LogP contribution in [0.2, 0.25) is 5.02 Å². The Bertz CT molecular complexity index is 2610. The van der Waals surface area contributed by atoms with Crippen LogP contribution in [0.4, 0.5) is 14.4 Å². The number of nitrogens with one attached hydrogen (secondary N) is 5. The number of carbonyl (C=O) groups is 6. The maximum Gasteiger partial charge on any atom is 0.419 e. The van der Waals surface area contributed by atoms with Crippen molar-refractivity contribution in [2.75, 3.05) is 20.1 Å². The van der Waals surface area contributed by atoms with Crippen molar-refractivity contribution in [3.63, 3.8) is 0 Å². The number of alkyl carbamates (subject to hydrolysis) is 2. The van der Waals surface area contributed by atoms with E-state index >= 15 is 4.79 Å². The molecule has 17 nitrogen and oxygen atoms in total. The molecule has 0 spiro atoms. The Morgan fingerprint density at radius 3 is 2.08 bits per heavy atom. The zero-order valence-electron chi connectivity index (χ0n) is 43.2. The number of amides is 5. The van der Waals surface area contributed by atoms with Gasteiger partial charge in [0.2, 0.25) is 17.7 Å². The summed E-state index contributed by atoms with van der Waals surface area (Å²) >= 11 is 11.9. The summed E-state index contributed by atoms with van der Waals surface area (Å²) < 4.78 is 18.8. The highest BCUT2D eigenvalue weighted by Crippen LogP contribution is 2.40. The lowest BCUT2D eigenvalue weighted by Gasteiger charge is -2.32. The number of para-hydroxylation sites is 1. The summed E-state index contributed by atoms with van der Waals surface area (Å²) in [5.41, 5.74) is 0.974. The Morgan fingerprint density at radius 2 is 1.43 bits per heavy atom. The van der Waals surface area contributed by atoms with Crippen LogP contribution in [0.5, 0.6) is 0 Å². The van der Waals surface area contributed by atoms with E-state index in [4.69, 9.17) is 30.8 Å². The summed E-state index contributed by atoms with van der Waals surface area (Å²) in [4.78, 5) is 90.4. The molecule has 0 bridgehead atoms. The van der Waals surface area contributed by atoms with E-state index < -0.39 is 70.9 Å². The number of nitrogens with zero attached hydrogens (tertiary/aromatic N) is 3. The van der Waals surface area contributed by atoms with Gasteiger partial charge in [-0.2, -0.15) is 0 Å².